The summed E-state index contributed by atoms with van der Waals surface area (Å²) in [4.78, 5) is 36.4. The normalized spacial score (nSPS) is 11.6. The topological polar surface area (TPSA) is 122 Å². The van der Waals surface area contributed by atoms with Gasteiger partial charge in [0.2, 0.25) is 11.9 Å². The molecule has 0 aliphatic heterocycles. The third-order valence-corrected chi connectivity index (χ3v) is 2.27. The molecular formula is C11H12FN3O4. The minimum atomic E-state index is -1.30. The lowest BCUT2D eigenvalue weighted by atomic mass is 10.1. The zero-order chi connectivity index (χ0) is 14.4. The van der Waals surface area contributed by atoms with Gasteiger partial charge in [0.15, 0.2) is 0 Å². The van der Waals surface area contributed by atoms with E-state index in [9.17, 15) is 18.8 Å². The van der Waals surface area contributed by atoms with Gasteiger partial charge >= 0.3 is 5.97 Å². The molecule has 0 aliphatic rings. The van der Waals surface area contributed by atoms with Crippen LogP contribution in [0.3, 0.4) is 0 Å². The number of carboxylic acids is 1. The van der Waals surface area contributed by atoms with Gasteiger partial charge in [-0.25, -0.2) is 9.78 Å². The fourth-order valence-corrected chi connectivity index (χ4v) is 1.33. The fourth-order valence-electron chi connectivity index (χ4n) is 1.33. The zero-order valence-electron chi connectivity index (χ0n) is 9.80. The van der Waals surface area contributed by atoms with Crippen LogP contribution in [0.4, 0.5) is 4.39 Å². The van der Waals surface area contributed by atoms with E-state index in [0.29, 0.717) is 0 Å². The summed E-state index contributed by atoms with van der Waals surface area (Å²) < 4.78 is 12.8. The number of rotatable bonds is 6. The maximum absolute atomic E-state index is 12.8. The van der Waals surface area contributed by atoms with Crippen LogP contribution < -0.4 is 11.1 Å². The molecule has 0 unspecified atom stereocenters. The van der Waals surface area contributed by atoms with Crippen molar-refractivity contribution in [2.24, 2.45) is 5.73 Å². The summed E-state index contributed by atoms with van der Waals surface area (Å²) in [6.07, 6.45) is 0.773. The molecule has 0 saturated heterocycles. The number of amides is 2. The Morgan fingerprint density at radius 3 is 2.68 bits per heavy atom. The first-order chi connectivity index (χ1) is 8.90. The number of hydrogen-bond donors (Lipinski definition) is 3. The molecule has 1 atom stereocenters. The van der Waals surface area contributed by atoms with Crippen LogP contribution in [0.25, 0.3) is 0 Å². The highest BCUT2D eigenvalue weighted by Gasteiger charge is 2.21. The highest BCUT2D eigenvalue weighted by atomic mass is 19.1. The Morgan fingerprint density at radius 1 is 1.47 bits per heavy atom. The molecule has 2 amide bonds. The summed E-state index contributed by atoms with van der Waals surface area (Å²) in [5.74, 6) is -3.59. The van der Waals surface area contributed by atoms with Crippen molar-refractivity contribution in [2.45, 2.75) is 18.9 Å². The second kappa shape index (κ2) is 6.43. The summed E-state index contributed by atoms with van der Waals surface area (Å²) in [7, 11) is 0. The highest BCUT2D eigenvalue weighted by molar-refractivity contribution is 5.96. The zero-order valence-corrected chi connectivity index (χ0v) is 9.80. The van der Waals surface area contributed by atoms with E-state index in [2.05, 4.69) is 10.3 Å². The van der Waals surface area contributed by atoms with Crippen LogP contribution in [-0.4, -0.2) is 33.9 Å². The van der Waals surface area contributed by atoms with E-state index in [1.807, 2.05) is 0 Å². The van der Waals surface area contributed by atoms with Crippen LogP contribution in [0.1, 0.15) is 23.2 Å². The molecule has 0 aromatic carbocycles. The van der Waals surface area contributed by atoms with Crippen LogP contribution in [-0.2, 0) is 9.59 Å². The number of carboxylic acid groups (broad SMARTS) is 1. The van der Waals surface area contributed by atoms with Crippen molar-refractivity contribution in [2.75, 3.05) is 0 Å². The van der Waals surface area contributed by atoms with E-state index in [0.717, 1.165) is 12.3 Å². The van der Waals surface area contributed by atoms with Gasteiger partial charge in [-0.1, -0.05) is 0 Å². The lowest BCUT2D eigenvalue weighted by Gasteiger charge is -2.13. The van der Waals surface area contributed by atoms with Crippen molar-refractivity contribution in [1.82, 2.24) is 10.3 Å². The smallest absolute Gasteiger partial charge is 0.326 e. The summed E-state index contributed by atoms with van der Waals surface area (Å²) >= 11 is 0. The average Bonchev–Trinajstić information content (AvgIpc) is 2.33. The number of nitrogens with two attached hydrogens (primary N) is 1. The first kappa shape index (κ1) is 14.6. The molecule has 0 bridgehead atoms. The molecule has 0 spiro atoms. The van der Waals surface area contributed by atoms with Crippen molar-refractivity contribution in [1.29, 1.82) is 0 Å². The minimum absolute atomic E-state index is 0.0576. The third kappa shape index (κ3) is 4.70. The molecule has 0 saturated carbocycles. The fraction of sp³-hybridized carbons (Fsp3) is 0.273. The molecule has 0 aliphatic carbocycles. The van der Waals surface area contributed by atoms with Crippen molar-refractivity contribution in [3.8, 4) is 0 Å². The van der Waals surface area contributed by atoms with Crippen molar-refractivity contribution in [3.63, 3.8) is 0 Å². The molecule has 4 N–H and O–H groups in total. The van der Waals surface area contributed by atoms with E-state index in [1.54, 1.807) is 0 Å². The molecule has 0 radical (unpaired) electrons. The number of aromatic nitrogens is 1. The predicted octanol–water partition coefficient (Wildman–Crippen LogP) is -0.331. The van der Waals surface area contributed by atoms with Crippen LogP contribution in [0.2, 0.25) is 0 Å². The molecule has 1 aromatic heterocycles. The Kier molecular flexibility index (Phi) is 4.92. The summed E-state index contributed by atoms with van der Waals surface area (Å²) in [6, 6.07) is 0.851. The molecule has 0 fully saturated rings. The summed E-state index contributed by atoms with van der Waals surface area (Å²) in [5.41, 5.74) is 4.84. The molecule has 1 rings (SSSR count). The van der Waals surface area contributed by atoms with Crippen molar-refractivity contribution < 1.29 is 23.9 Å². The van der Waals surface area contributed by atoms with Crippen LogP contribution in [0.5, 0.6) is 0 Å². The monoisotopic (exact) mass is 269 g/mol. The average molecular weight is 269 g/mol. The Bertz CT molecular complexity index is 506. The maximum atomic E-state index is 12.8. The second-order valence-electron chi connectivity index (χ2n) is 3.74. The number of aliphatic carboxylic acids is 1. The Labute approximate surface area is 107 Å². The maximum Gasteiger partial charge on any atom is 0.326 e. The van der Waals surface area contributed by atoms with Gasteiger partial charge in [0.1, 0.15) is 6.04 Å². The van der Waals surface area contributed by atoms with Gasteiger partial charge in [-0.15, -0.1) is 0 Å². The number of carbonyl (C=O) groups excluding carboxylic acids is 2. The Hall–Kier alpha value is -2.51. The summed E-state index contributed by atoms with van der Waals surface area (Å²) in [6.45, 7) is 0. The first-order valence-electron chi connectivity index (χ1n) is 5.33. The van der Waals surface area contributed by atoms with Gasteiger partial charge in [-0.05, 0) is 12.5 Å². The van der Waals surface area contributed by atoms with Crippen LogP contribution in [0, 0.1) is 5.95 Å². The van der Waals surface area contributed by atoms with E-state index < -0.39 is 29.8 Å². The largest absolute Gasteiger partial charge is 0.480 e. The minimum Gasteiger partial charge on any atom is -0.480 e. The van der Waals surface area contributed by atoms with Gasteiger partial charge in [-0.2, -0.15) is 4.39 Å². The van der Waals surface area contributed by atoms with E-state index in [1.165, 1.54) is 6.07 Å². The number of hydrogen-bond acceptors (Lipinski definition) is 4. The van der Waals surface area contributed by atoms with Crippen molar-refractivity contribution >= 4 is 17.8 Å². The van der Waals surface area contributed by atoms with Gasteiger partial charge < -0.3 is 16.2 Å². The molecule has 8 heteroatoms. The van der Waals surface area contributed by atoms with Crippen LogP contribution in [0.15, 0.2) is 18.3 Å². The predicted molar refractivity (Wildman–Crippen MR) is 61.5 cm³/mol. The lowest BCUT2D eigenvalue weighted by Crippen LogP contribution is -2.41. The molecule has 102 valence electrons. The van der Waals surface area contributed by atoms with Gasteiger partial charge in [0.25, 0.3) is 5.91 Å². The van der Waals surface area contributed by atoms with E-state index in [-0.39, 0.29) is 18.4 Å². The van der Waals surface area contributed by atoms with Crippen molar-refractivity contribution in [3.05, 3.63) is 29.8 Å². The standard InChI is InChI=1S/C11H12FN3O4/c12-8-5-6(3-4-14-8)10(17)15-7(11(18)19)1-2-9(13)16/h3-5,7H,1-2H2,(H2,13,16)(H,15,17)(H,18,19)/t7-/m1/s1. The van der Waals surface area contributed by atoms with Gasteiger partial charge in [-0.3, -0.25) is 9.59 Å². The quantitative estimate of drug-likeness (QED) is 0.610. The third-order valence-electron chi connectivity index (χ3n) is 2.27. The lowest BCUT2D eigenvalue weighted by molar-refractivity contribution is -0.139. The number of pyridine rings is 1. The molecule has 19 heavy (non-hydrogen) atoms. The first-order valence-corrected chi connectivity index (χ1v) is 5.33. The molecular weight excluding hydrogens is 257 g/mol. The summed E-state index contributed by atoms with van der Waals surface area (Å²) in [5, 5.41) is 11.1. The van der Waals surface area contributed by atoms with Gasteiger partial charge in [0.05, 0.1) is 0 Å². The van der Waals surface area contributed by atoms with Crippen LogP contribution >= 0.6 is 0 Å². The number of halogens is 1. The number of primary amides is 1. The molecule has 1 aromatic rings. The van der Waals surface area contributed by atoms with E-state index >= 15 is 0 Å². The number of carbonyl (C=O) groups is 3. The van der Waals surface area contributed by atoms with Gasteiger partial charge in [0, 0.05) is 24.2 Å². The SMILES string of the molecule is NC(=O)CC[C@@H](NC(=O)c1ccnc(F)c1)C(=O)O. The Balaban J connectivity index is 2.71. The highest BCUT2D eigenvalue weighted by Crippen LogP contribution is 2.03. The molecule has 1 heterocycles. The molecule has 7 nitrogen and oxygen atoms in total. The number of nitrogens with one attached hydrogen (secondary N) is 1. The Morgan fingerprint density at radius 2 is 2.16 bits per heavy atom. The van der Waals surface area contributed by atoms with E-state index in [4.69, 9.17) is 10.8 Å². The second-order valence-corrected chi connectivity index (χ2v) is 3.74. The number of nitrogens with zero attached hydrogens (tertiary/aromatic N) is 1.